The Labute approximate surface area is 110 Å². The molecule has 2 heterocycles. The molecule has 4 nitrogen and oxygen atoms in total. The van der Waals surface area contributed by atoms with Gasteiger partial charge < -0.3 is 0 Å². The van der Waals surface area contributed by atoms with Crippen LogP contribution in [0.3, 0.4) is 0 Å². The summed E-state index contributed by atoms with van der Waals surface area (Å²) in [5.74, 6) is 1.20. The van der Waals surface area contributed by atoms with Crippen molar-refractivity contribution in [3.05, 3.63) is 35.0 Å². The Kier molecular flexibility index (Phi) is 3.64. The van der Waals surface area contributed by atoms with Gasteiger partial charge in [-0.05, 0) is 5.92 Å². The summed E-state index contributed by atoms with van der Waals surface area (Å²) in [6.07, 6.45) is 4.82. The smallest absolute Gasteiger partial charge is 0.173 e. The second-order valence-electron chi connectivity index (χ2n) is 3.92. The molecular weight excluding hydrogens is 259 g/mol. The predicted octanol–water partition coefficient (Wildman–Crippen LogP) is 3.18. The lowest BCUT2D eigenvalue weighted by atomic mass is 10.1. The molecule has 0 atom stereocenters. The number of halogens is 2. The molecule has 0 aromatic carbocycles. The molecule has 0 aliphatic rings. The molecule has 0 fully saturated rings. The molecule has 90 valence electrons. The first-order valence-electron chi connectivity index (χ1n) is 5.24. The van der Waals surface area contributed by atoms with E-state index in [-0.39, 0.29) is 5.92 Å². The van der Waals surface area contributed by atoms with Crippen molar-refractivity contribution in [1.82, 2.24) is 19.7 Å². The summed E-state index contributed by atoms with van der Waals surface area (Å²) < 4.78 is 1.57. The maximum atomic E-state index is 6.26. The van der Waals surface area contributed by atoms with Crippen molar-refractivity contribution in [2.75, 3.05) is 0 Å². The van der Waals surface area contributed by atoms with Gasteiger partial charge in [-0.25, -0.2) is 9.67 Å². The Morgan fingerprint density at radius 2 is 2.12 bits per heavy atom. The highest BCUT2D eigenvalue weighted by Gasteiger charge is 2.19. The van der Waals surface area contributed by atoms with Gasteiger partial charge in [0.25, 0.3) is 0 Å². The summed E-state index contributed by atoms with van der Waals surface area (Å²) in [5.41, 5.74) is 1.75. The molecule has 0 N–H and O–H groups in total. The second kappa shape index (κ2) is 5.02. The molecule has 0 aliphatic heterocycles. The van der Waals surface area contributed by atoms with Crippen LogP contribution in [0.1, 0.15) is 31.0 Å². The van der Waals surface area contributed by atoms with Gasteiger partial charge in [0.05, 0.1) is 17.8 Å². The van der Waals surface area contributed by atoms with Crippen LogP contribution in [0.2, 0.25) is 5.15 Å². The van der Waals surface area contributed by atoms with Crippen LogP contribution in [0.4, 0.5) is 0 Å². The van der Waals surface area contributed by atoms with E-state index < -0.39 is 0 Å². The molecule has 2 aromatic heterocycles. The lowest BCUT2D eigenvalue weighted by molar-refractivity contribution is 0.753. The highest BCUT2D eigenvalue weighted by atomic mass is 35.5. The summed E-state index contributed by atoms with van der Waals surface area (Å²) in [6, 6.07) is 0. The quantitative estimate of drug-likeness (QED) is 0.805. The van der Waals surface area contributed by atoms with Gasteiger partial charge in [0.1, 0.15) is 5.15 Å². The molecule has 0 saturated carbocycles. The summed E-state index contributed by atoms with van der Waals surface area (Å²) >= 11 is 12.2. The number of rotatable bonds is 3. The summed E-state index contributed by atoms with van der Waals surface area (Å²) in [4.78, 5) is 8.17. The third-order valence-electron chi connectivity index (χ3n) is 2.40. The zero-order valence-corrected chi connectivity index (χ0v) is 11.1. The average Bonchev–Trinajstić information content (AvgIpc) is 2.67. The van der Waals surface area contributed by atoms with Crippen molar-refractivity contribution in [3.8, 4) is 5.82 Å². The number of aromatic nitrogens is 4. The van der Waals surface area contributed by atoms with Gasteiger partial charge in [-0.2, -0.15) is 5.10 Å². The Morgan fingerprint density at radius 3 is 2.59 bits per heavy atom. The van der Waals surface area contributed by atoms with Crippen LogP contribution in [-0.4, -0.2) is 19.7 Å². The van der Waals surface area contributed by atoms with E-state index in [4.69, 9.17) is 23.2 Å². The van der Waals surface area contributed by atoms with Crippen molar-refractivity contribution in [3.63, 3.8) is 0 Å². The summed E-state index contributed by atoms with van der Waals surface area (Å²) in [6.45, 7) is 4.10. The van der Waals surface area contributed by atoms with E-state index in [1.165, 1.54) is 0 Å². The van der Waals surface area contributed by atoms with Crippen LogP contribution in [0, 0.1) is 0 Å². The molecule has 0 aliphatic carbocycles. The molecule has 0 amide bonds. The first-order valence-corrected chi connectivity index (χ1v) is 6.16. The first-order chi connectivity index (χ1) is 8.15. The third kappa shape index (κ3) is 2.28. The molecule has 0 saturated heterocycles. The zero-order valence-electron chi connectivity index (χ0n) is 9.56. The molecular formula is C11H12Cl2N4. The largest absolute Gasteiger partial charge is 0.259 e. The Hall–Kier alpha value is -1.13. The highest BCUT2D eigenvalue weighted by Crippen LogP contribution is 2.28. The average molecular weight is 271 g/mol. The van der Waals surface area contributed by atoms with Crippen LogP contribution in [0.5, 0.6) is 0 Å². The van der Waals surface area contributed by atoms with Crippen LogP contribution in [0.15, 0.2) is 18.6 Å². The SMILES string of the molecule is CC(C)c1nn(-c2cnccn2)c(Cl)c1CCl. The lowest BCUT2D eigenvalue weighted by Crippen LogP contribution is -2.01. The fourth-order valence-corrected chi connectivity index (χ4v) is 2.21. The lowest BCUT2D eigenvalue weighted by Gasteiger charge is -2.01. The minimum absolute atomic E-state index is 0.263. The van der Waals surface area contributed by atoms with Gasteiger partial charge in [-0.15, -0.1) is 11.6 Å². The van der Waals surface area contributed by atoms with Crippen LogP contribution in [-0.2, 0) is 5.88 Å². The highest BCUT2D eigenvalue weighted by molar-refractivity contribution is 6.31. The van der Waals surface area contributed by atoms with Crippen LogP contribution < -0.4 is 0 Å². The molecule has 0 unspecified atom stereocenters. The molecule has 6 heteroatoms. The Bertz CT molecular complexity index is 508. The van der Waals surface area contributed by atoms with E-state index in [0.717, 1.165) is 11.3 Å². The third-order valence-corrected chi connectivity index (χ3v) is 3.05. The zero-order chi connectivity index (χ0) is 12.4. The van der Waals surface area contributed by atoms with E-state index in [1.807, 2.05) is 0 Å². The standard InChI is InChI=1S/C11H12Cl2N4/c1-7(2)10-8(5-12)11(13)17(16-10)9-6-14-3-4-15-9/h3-4,6-7H,5H2,1-2H3. The van der Waals surface area contributed by atoms with E-state index in [0.29, 0.717) is 16.9 Å². The molecule has 2 rings (SSSR count). The van der Waals surface area contributed by atoms with E-state index in [2.05, 4.69) is 28.9 Å². The van der Waals surface area contributed by atoms with Gasteiger partial charge in [-0.1, -0.05) is 25.4 Å². The van der Waals surface area contributed by atoms with Crippen LogP contribution >= 0.6 is 23.2 Å². The topological polar surface area (TPSA) is 43.6 Å². The van der Waals surface area contributed by atoms with Crippen LogP contribution in [0.25, 0.3) is 5.82 Å². The van der Waals surface area contributed by atoms with Gasteiger partial charge in [0.15, 0.2) is 5.82 Å². The summed E-state index contributed by atoms with van der Waals surface area (Å²) in [5, 5.41) is 4.95. The number of hydrogen-bond acceptors (Lipinski definition) is 3. The van der Waals surface area contributed by atoms with E-state index in [1.54, 1.807) is 23.3 Å². The first kappa shape index (κ1) is 12.3. The molecule has 0 radical (unpaired) electrons. The second-order valence-corrected chi connectivity index (χ2v) is 4.54. The Balaban J connectivity index is 2.57. The molecule has 17 heavy (non-hydrogen) atoms. The Morgan fingerprint density at radius 1 is 1.35 bits per heavy atom. The minimum atomic E-state index is 0.263. The number of hydrogen-bond donors (Lipinski definition) is 0. The van der Waals surface area contributed by atoms with Gasteiger partial charge >= 0.3 is 0 Å². The maximum Gasteiger partial charge on any atom is 0.173 e. The van der Waals surface area contributed by atoms with E-state index >= 15 is 0 Å². The van der Waals surface area contributed by atoms with Crippen molar-refractivity contribution >= 4 is 23.2 Å². The number of alkyl halides is 1. The van der Waals surface area contributed by atoms with Gasteiger partial charge in [0.2, 0.25) is 0 Å². The summed E-state index contributed by atoms with van der Waals surface area (Å²) in [7, 11) is 0. The van der Waals surface area contributed by atoms with Gasteiger partial charge in [-0.3, -0.25) is 4.98 Å². The van der Waals surface area contributed by atoms with Crippen molar-refractivity contribution in [2.45, 2.75) is 25.6 Å². The maximum absolute atomic E-state index is 6.26. The fraction of sp³-hybridized carbons (Fsp3) is 0.364. The number of nitrogens with zero attached hydrogens (tertiary/aromatic N) is 4. The normalized spacial score (nSPS) is 11.1. The molecule has 2 aromatic rings. The molecule has 0 spiro atoms. The molecule has 0 bridgehead atoms. The van der Waals surface area contributed by atoms with Crippen molar-refractivity contribution < 1.29 is 0 Å². The monoisotopic (exact) mass is 270 g/mol. The van der Waals surface area contributed by atoms with Crippen molar-refractivity contribution in [1.29, 1.82) is 0 Å². The fourth-order valence-electron chi connectivity index (χ4n) is 1.59. The van der Waals surface area contributed by atoms with E-state index in [9.17, 15) is 0 Å². The minimum Gasteiger partial charge on any atom is -0.259 e. The van der Waals surface area contributed by atoms with Crippen molar-refractivity contribution in [2.24, 2.45) is 0 Å². The predicted molar refractivity (Wildman–Crippen MR) is 67.8 cm³/mol. The van der Waals surface area contributed by atoms with Gasteiger partial charge in [0, 0.05) is 18.0 Å².